The summed E-state index contributed by atoms with van der Waals surface area (Å²) in [6.07, 6.45) is 1.80. The van der Waals surface area contributed by atoms with Gasteiger partial charge in [-0.05, 0) is 17.0 Å². The van der Waals surface area contributed by atoms with Crippen molar-refractivity contribution in [1.29, 1.82) is 0 Å². The van der Waals surface area contributed by atoms with Gasteiger partial charge in [0, 0.05) is 30.6 Å². The van der Waals surface area contributed by atoms with Crippen LogP contribution in [0, 0.1) is 5.92 Å². The molecule has 2 aromatic carbocycles. The molecular formula is C20H19N3O. The highest BCUT2D eigenvalue weighted by Crippen LogP contribution is 2.29. The Kier molecular flexibility index (Phi) is 3.97. The first-order valence-corrected chi connectivity index (χ1v) is 8.22. The minimum Gasteiger partial charge on any atom is -0.315 e. The summed E-state index contributed by atoms with van der Waals surface area (Å²) in [5.74, 6) is 0.751. The minimum absolute atomic E-state index is 0.0247. The number of hydrogen-bond acceptors (Lipinski definition) is 3. The number of benzene rings is 2. The number of aromatic nitrogens is 1. The van der Waals surface area contributed by atoms with Crippen molar-refractivity contribution in [3.63, 3.8) is 0 Å². The monoisotopic (exact) mass is 317 g/mol. The first kappa shape index (κ1) is 14.8. The van der Waals surface area contributed by atoms with E-state index in [1.54, 1.807) is 6.20 Å². The molecule has 4 rings (SSSR count). The van der Waals surface area contributed by atoms with E-state index in [4.69, 9.17) is 0 Å². The SMILES string of the molecule is O=C(Nc1cc2ccccc2cn1)C1CNCC1c1ccccc1. The average molecular weight is 317 g/mol. The molecule has 2 unspecified atom stereocenters. The zero-order valence-corrected chi connectivity index (χ0v) is 13.3. The quantitative estimate of drug-likeness (QED) is 0.780. The molecule has 0 radical (unpaired) electrons. The summed E-state index contributed by atoms with van der Waals surface area (Å²) in [6, 6.07) is 20.2. The van der Waals surface area contributed by atoms with Crippen LogP contribution < -0.4 is 10.6 Å². The number of rotatable bonds is 3. The predicted octanol–water partition coefficient (Wildman–Crippen LogP) is 3.18. The summed E-state index contributed by atoms with van der Waals surface area (Å²) in [7, 11) is 0. The molecule has 1 fully saturated rings. The van der Waals surface area contributed by atoms with Crippen LogP contribution in [-0.4, -0.2) is 24.0 Å². The third-order valence-electron chi connectivity index (χ3n) is 4.66. The van der Waals surface area contributed by atoms with E-state index in [-0.39, 0.29) is 17.7 Å². The molecule has 0 bridgehead atoms. The maximum absolute atomic E-state index is 12.7. The molecule has 1 saturated heterocycles. The van der Waals surface area contributed by atoms with Crippen molar-refractivity contribution in [3.8, 4) is 0 Å². The van der Waals surface area contributed by atoms with Crippen LogP contribution >= 0.6 is 0 Å². The van der Waals surface area contributed by atoms with E-state index >= 15 is 0 Å². The van der Waals surface area contributed by atoms with Gasteiger partial charge >= 0.3 is 0 Å². The lowest BCUT2D eigenvalue weighted by atomic mass is 9.88. The van der Waals surface area contributed by atoms with Crippen molar-refractivity contribution in [1.82, 2.24) is 10.3 Å². The second-order valence-electron chi connectivity index (χ2n) is 6.19. The Morgan fingerprint density at radius 2 is 1.75 bits per heavy atom. The van der Waals surface area contributed by atoms with E-state index in [1.165, 1.54) is 5.56 Å². The molecule has 3 aromatic rings. The smallest absolute Gasteiger partial charge is 0.230 e. The molecule has 1 aliphatic heterocycles. The topological polar surface area (TPSA) is 54.0 Å². The lowest BCUT2D eigenvalue weighted by molar-refractivity contribution is -0.119. The van der Waals surface area contributed by atoms with Crippen LogP contribution in [-0.2, 0) is 4.79 Å². The fourth-order valence-corrected chi connectivity index (χ4v) is 3.38. The van der Waals surface area contributed by atoms with Gasteiger partial charge in [-0.15, -0.1) is 0 Å². The lowest BCUT2D eigenvalue weighted by Gasteiger charge is -2.18. The number of amides is 1. The maximum Gasteiger partial charge on any atom is 0.230 e. The van der Waals surface area contributed by atoms with Crippen LogP contribution in [0.2, 0.25) is 0 Å². The summed E-state index contributed by atoms with van der Waals surface area (Å²) < 4.78 is 0. The zero-order chi connectivity index (χ0) is 16.4. The molecule has 4 heteroatoms. The second kappa shape index (κ2) is 6.42. The fourth-order valence-electron chi connectivity index (χ4n) is 3.38. The average Bonchev–Trinajstić information content (AvgIpc) is 3.12. The van der Waals surface area contributed by atoms with E-state index in [0.717, 1.165) is 17.3 Å². The van der Waals surface area contributed by atoms with Crippen LogP contribution in [0.5, 0.6) is 0 Å². The van der Waals surface area contributed by atoms with Gasteiger partial charge in [-0.25, -0.2) is 4.98 Å². The summed E-state index contributed by atoms with van der Waals surface area (Å²) in [4.78, 5) is 17.1. The highest BCUT2D eigenvalue weighted by Gasteiger charge is 2.34. The van der Waals surface area contributed by atoms with Gasteiger partial charge in [0.2, 0.25) is 5.91 Å². The molecular weight excluding hydrogens is 298 g/mol. The molecule has 2 N–H and O–H groups in total. The van der Waals surface area contributed by atoms with Crippen LogP contribution in [0.25, 0.3) is 10.8 Å². The van der Waals surface area contributed by atoms with E-state index in [0.29, 0.717) is 12.4 Å². The van der Waals surface area contributed by atoms with E-state index in [9.17, 15) is 4.79 Å². The van der Waals surface area contributed by atoms with Crippen LogP contribution in [0.4, 0.5) is 5.82 Å². The molecule has 1 aromatic heterocycles. The molecule has 4 nitrogen and oxygen atoms in total. The first-order chi connectivity index (χ1) is 11.8. The maximum atomic E-state index is 12.7. The van der Waals surface area contributed by atoms with Crippen molar-refractivity contribution >= 4 is 22.5 Å². The third-order valence-corrected chi connectivity index (χ3v) is 4.66. The van der Waals surface area contributed by atoms with E-state index < -0.39 is 0 Å². The van der Waals surface area contributed by atoms with Crippen LogP contribution in [0.15, 0.2) is 66.9 Å². The number of fused-ring (bicyclic) bond motifs is 1. The van der Waals surface area contributed by atoms with Gasteiger partial charge in [-0.2, -0.15) is 0 Å². The number of nitrogens with zero attached hydrogens (tertiary/aromatic N) is 1. The molecule has 0 saturated carbocycles. The van der Waals surface area contributed by atoms with Crippen molar-refractivity contribution < 1.29 is 4.79 Å². The standard InChI is InChI=1S/C20H19N3O/c24-20(18-13-21-12-17(18)14-6-2-1-3-7-14)23-19-10-15-8-4-5-9-16(15)11-22-19/h1-11,17-18,21H,12-13H2,(H,22,23,24). The molecule has 120 valence electrons. The van der Waals surface area contributed by atoms with Gasteiger partial charge in [0.05, 0.1) is 5.92 Å². The van der Waals surface area contributed by atoms with Gasteiger partial charge in [0.25, 0.3) is 0 Å². The Bertz CT molecular complexity index is 863. The zero-order valence-electron chi connectivity index (χ0n) is 13.3. The molecule has 24 heavy (non-hydrogen) atoms. The predicted molar refractivity (Wildman–Crippen MR) is 95.9 cm³/mol. The van der Waals surface area contributed by atoms with Gasteiger partial charge in [0.1, 0.15) is 5.82 Å². The molecule has 1 amide bonds. The molecule has 1 aliphatic rings. The van der Waals surface area contributed by atoms with Gasteiger partial charge in [-0.3, -0.25) is 4.79 Å². The van der Waals surface area contributed by atoms with Crippen molar-refractivity contribution in [2.24, 2.45) is 5.92 Å². The highest BCUT2D eigenvalue weighted by molar-refractivity contribution is 5.95. The number of pyridine rings is 1. The van der Waals surface area contributed by atoms with Gasteiger partial charge in [0.15, 0.2) is 0 Å². The molecule has 0 spiro atoms. The number of carbonyl (C=O) groups is 1. The molecule has 2 atom stereocenters. The molecule has 0 aliphatic carbocycles. The largest absolute Gasteiger partial charge is 0.315 e. The van der Waals surface area contributed by atoms with Gasteiger partial charge in [-0.1, -0.05) is 54.6 Å². The summed E-state index contributed by atoms with van der Waals surface area (Å²) in [5.41, 5.74) is 1.20. The first-order valence-electron chi connectivity index (χ1n) is 8.22. The van der Waals surface area contributed by atoms with E-state index in [1.807, 2.05) is 48.5 Å². The number of hydrogen-bond donors (Lipinski definition) is 2. The summed E-state index contributed by atoms with van der Waals surface area (Å²) >= 11 is 0. The number of anilines is 1. The highest BCUT2D eigenvalue weighted by atomic mass is 16.2. The van der Waals surface area contributed by atoms with Gasteiger partial charge < -0.3 is 10.6 Å². The number of nitrogens with one attached hydrogen (secondary N) is 2. The normalized spacial score (nSPS) is 20.2. The fraction of sp³-hybridized carbons (Fsp3) is 0.200. The Labute approximate surface area is 140 Å². The number of carbonyl (C=O) groups excluding carboxylic acids is 1. The third kappa shape index (κ3) is 2.88. The summed E-state index contributed by atoms with van der Waals surface area (Å²) in [5, 5.41) is 8.47. The summed E-state index contributed by atoms with van der Waals surface area (Å²) in [6.45, 7) is 1.52. The molecule has 2 heterocycles. The van der Waals surface area contributed by atoms with Crippen LogP contribution in [0.1, 0.15) is 11.5 Å². The Morgan fingerprint density at radius 3 is 2.58 bits per heavy atom. The Hall–Kier alpha value is -2.72. The second-order valence-corrected chi connectivity index (χ2v) is 6.19. The Morgan fingerprint density at radius 1 is 1.00 bits per heavy atom. The lowest BCUT2D eigenvalue weighted by Crippen LogP contribution is -2.28. The minimum atomic E-state index is -0.0827. The van der Waals surface area contributed by atoms with Crippen LogP contribution in [0.3, 0.4) is 0 Å². The Balaban J connectivity index is 1.54. The van der Waals surface area contributed by atoms with Crippen molar-refractivity contribution in [2.75, 3.05) is 18.4 Å². The van der Waals surface area contributed by atoms with Crippen molar-refractivity contribution in [3.05, 3.63) is 72.4 Å². The van der Waals surface area contributed by atoms with E-state index in [2.05, 4.69) is 27.8 Å². The van der Waals surface area contributed by atoms with Crippen molar-refractivity contribution in [2.45, 2.75) is 5.92 Å².